The molecule has 2 aromatic rings. The summed E-state index contributed by atoms with van der Waals surface area (Å²) in [5.74, 6) is -0.0546. The van der Waals surface area contributed by atoms with Gasteiger partial charge in [-0.1, -0.05) is 0 Å². The highest BCUT2D eigenvalue weighted by Gasteiger charge is 2.18. The molecular weight excluding hydrogens is 374 g/mol. The molecule has 4 rings (SSSR count). The van der Waals surface area contributed by atoms with Gasteiger partial charge in [0.2, 0.25) is 0 Å². The minimum atomic E-state index is -0.0546. The first-order valence-electron chi connectivity index (χ1n) is 10.9. The SMILES string of the molecule is Cc1cc(N2CCNCC2)ccc1NC(=O)c1ccc(N2CCN(C)CC2)c(C)c1. The van der Waals surface area contributed by atoms with Gasteiger partial charge in [0, 0.05) is 75.0 Å². The van der Waals surface area contributed by atoms with Crippen LogP contribution >= 0.6 is 0 Å². The van der Waals surface area contributed by atoms with E-state index in [1.807, 2.05) is 18.2 Å². The number of nitrogens with one attached hydrogen (secondary N) is 2. The predicted octanol–water partition coefficient (Wildman–Crippen LogP) is 2.72. The van der Waals surface area contributed by atoms with Crippen LogP contribution in [0.25, 0.3) is 0 Å². The van der Waals surface area contributed by atoms with E-state index in [9.17, 15) is 4.79 Å². The molecule has 0 radical (unpaired) electrons. The monoisotopic (exact) mass is 407 g/mol. The van der Waals surface area contributed by atoms with Gasteiger partial charge < -0.3 is 25.3 Å². The molecule has 0 spiro atoms. The fraction of sp³-hybridized carbons (Fsp3) is 0.458. The first-order valence-corrected chi connectivity index (χ1v) is 10.9. The van der Waals surface area contributed by atoms with E-state index < -0.39 is 0 Å². The summed E-state index contributed by atoms with van der Waals surface area (Å²) in [4.78, 5) is 20.0. The highest BCUT2D eigenvalue weighted by Crippen LogP contribution is 2.25. The molecule has 0 aliphatic carbocycles. The van der Waals surface area contributed by atoms with Crippen molar-refractivity contribution in [2.24, 2.45) is 0 Å². The number of nitrogens with zero attached hydrogens (tertiary/aromatic N) is 3. The Morgan fingerprint density at radius 3 is 2.27 bits per heavy atom. The van der Waals surface area contributed by atoms with Crippen LogP contribution in [0.5, 0.6) is 0 Å². The number of rotatable bonds is 4. The van der Waals surface area contributed by atoms with Crippen molar-refractivity contribution in [1.82, 2.24) is 10.2 Å². The van der Waals surface area contributed by atoms with E-state index in [4.69, 9.17) is 0 Å². The molecule has 6 heteroatoms. The fourth-order valence-corrected chi connectivity index (χ4v) is 4.30. The minimum absolute atomic E-state index is 0.0546. The number of piperazine rings is 2. The number of benzene rings is 2. The number of hydrogen-bond donors (Lipinski definition) is 2. The Kier molecular flexibility index (Phi) is 6.25. The maximum Gasteiger partial charge on any atom is 0.255 e. The van der Waals surface area contributed by atoms with Crippen molar-refractivity contribution < 1.29 is 4.79 Å². The van der Waals surface area contributed by atoms with Crippen LogP contribution < -0.4 is 20.4 Å². The molecule has 160 valence electrons. The van der Waals surface area contributed by atoms with Crippen LogP contribution in [0.1, 0.15) is 21.5 Å². The lowest BCUT2D eigenvalue weighted by molar-refractivity contribution is 0.102. The Bertz CT molecular complexity index is 898. The molecule has 6 nitrogen and oxygen atoms in total. The van der Waals surface area contributed by atoms with Crippen molar-refractivity contribution in [1.29, 1.82) is 0 Å². The Balaban J connectivity index is 1.44. The van der Waals surface area contributed by atoms with Crippen molar-refractivity contribution in [3.63, 3.8) is 0 Å². The summed E-state index contributed by atoms with van der Waals surface area (Å²) in [5, 5.41) is 6.48. The maximum absolute atomic E-state index is 12.9. The van der Waals surface area contributed by atoms with Crippen molar-refractivity contribution >= 4 is 23.0 Å². The lowest BCUT2D eigenvalue weighted by Gasteiger charge is -2.35. The minimum Gasteiger partial charge on any atom is -0.369 e. The highest BCUT2D eigenvalue weighted by molar-refractivity contribution is 6.05. The van der Waals surface area contributed by atoms with Gasteiger partial charge >= 0.3 is 0 Å². The normalized spacial score (nSPS) is 17.8. The largest absolute Gasteiger partial charge is 0.369 e. The molecule has 2 aromatic carbocycles. The van der Waals surface area contributed by atoms with E-state index in [1.54, 1.807) is 0 Å². The second-order valence-corrected chi connectivity index (χ2v) is 8.48. The Hall–Kier alpha value is -2.57. The third-order valence-corrected chi connectivity index (χ3v) is 6.24. The van der Waals surface area contributed by atoms with E-state index in [-0.39, 0.29) is 5.91 Å². The molecule has 1 amide bonds. The molecule has 2 heterocycles. The summed E-state index contributed by atoms with van der Waals surface area (Å²) in [6, 6.07) is 12.3. The zero-order valence-electron chi connectivity index (χ0n) is 18.4. The molecule has 0 atom stereocenters. The maximum atomic E-state index is 12.9. The van der Waals surface area contributed by atoms with Gasteiger partial charge in [-0.2, -0.15) is 0 Å². The Morgan fingerprint density at radius 2 is 1.60 bits per heavy atom. The lowest BCUT2D eigenvalue weighted by atomic mass is 10.1. The summed E-state index contributed by atoms with van der Waals surface area (Å²) in [5.41, 5.74) is 6.27. The number of likely N-dealkylation sites (N-methyl/N-ethyl adjacent to an activating group) is 1. The molecule has 2 saturated heterocycles. The molecule has 2 N–H and O–H groups in total. The molecule has 0 aromatic heterocycles. The summed E-state index contributed by atoms with van der Waals surface area (Å²) in [6.45, 7) is 12.4. The van der Waals surface area contributed by atoms with Gasteiger partial charge in [0.15, 0.2) is 0 Å². The van der Waals surface area contributed by atoms with Crippen molar-refractivity contribution in [2.75, 3.05) is 74.5 Å². The fourth-order valence-electron chi connectivity index (χ4n) is 4.30. The second kappa shape index (κ2) is 9.06. The third-order valence-electron chi connectivity index (χ3n) is 6.24. The van der Waals surface area contributed by atoms with E-state index in [2.05, 4.69) is 64.4 Å². The topological polar surface area (TPSA) is 50.9 Å². The van der Waals surface area contributed by atoms with Gasteiger partial charge in [-0.25, -0.2) is 0 Å². The van der Waals surface area contributed by atoms with Crippen molar-refractivity contribution in [3.05, 3.63) is 53.1 Å². The van der Waals surface area contributed by atoms with Gasteiger partial charge in [-0.05, 0) is 68.4 Å². The van der Waals surface area contributed by atoms with E-state index in [0.717, 1.165) is 69.2 Å². The highest BCUT2D eigenvalue weighted by atomic mass is 16.1. The summed E-state index contributed by atoms with van der Waals surface area (Å²) >= 11 is 0. The van der Waals surface area contributed by atoms with E-state index in [0.29, 0.717) is 5.56 Å². The molecular formula is C24H33N5O. The zero-order valence-corrected chi connectivity index (χ0v) is 18.4. The molecule has 2 fully saturated rings. The summed E-state index contributed by atoms with van der Waals surface area (Å²) in [6.07, 6.45) is 0. The van der Waals surface area contributed by atoms with Crippen LogP contribution in [0.4, 0.5) is 17.1 Å². The molecule has 0 saturated carbocycles. The van der Waals surface area contributed by atoms with Crippen molar-refractivity contribution in [2.45, 2.75) is 13.8 Å². The van der Waals surface area contributed by atoms with Gasteiger partial charge in [-0.15, -0.1) is 0 Å². The number of anilines is 3. The standard InChI is InChI=1S/C24H33N5O/c1-18-17-21(28-10-8-25-9-11-28)5-6-22(18)26-24(30)20-4-7-23(19(2)16-20)29-14-12-27(3)13-15-29/h4-7,16-17,25H,8-15H2,1-3H3,(H,26,30). The average molecular weight is 408 g/mol. The molecule has 0 bridgehead atoms. The third kappa shape index (κ3) is 4.60. The number of hydrogen-bond acceptors (Lipinski definition) is 5. The van der Waals surface area contributed by atoms with Gasteiger partial charge in [0.25, 0.3) is 5.91 Å². The Labute approximate surface area is 179 Å². The van der Waals surface area contributed by atoms with E-state index >= 15 is 0 Å². The van der Waals surface area contributed by atoms with Crippen molar-refractivity contribution in [3.8, 4) is 0 Å². The first kappa shape index (κ1) is 20.7. The van der Waals surface area contributed by atoms with Crippen LogP contribution in [0.3, 0.4) is 0 Å². The zero-order chi connectivity index (χ0) is 21.1. The lowest BCUT2D eigenvalue weighted by Crippen LogP contribution is -2.44. The van der Waals surface area contributed by atoms with Crippen LogP contribution in [-0.2, 0) is 0 Å². The first-order chi connectivity index (χ1) is 14.5. The second-order valence-electron chi connectivity index (χ2n) is 8.48. The molecule has 30 heavy (non-hydrogen) atoms. The number of carbonyl (C=O) groups is 1. The van der Waals surface area contributed by atoms with E-state index in [1.165, 1.54) is 11.4 Å². The average Bonchev–Trinajstić information content (AvgIpc) is 2.76. The number of amides is 1. The summed E-state index contributed by atoms with van der Waals surface area (Å²) < 4.78 is 0. The smallest absolute Gasteiger partial charge is 0.255 e. The van der Waals surface area contributed by atoms with Crippen LogP contribution in [0, 0.1) is 13.8 Å². The molecule has 2 aliphatic heterocycles. The summed E-state index contributed by atoms with van der Waals surface area (Å²) in [7, 11) is 2.16. The quantitative estimate of drug-likeness (QED) is 0.816. The van der Waals surface area contributed by atoms with Gasteiger partial charge in [-0.3, -0.25) is 4.79 Å². The molecule has 0 unspecified atom stereocenters. The Morgan fingerprint density at radius 1 is 0.867 bits per heavy atom. The molecule has 2 aliphatic rings. The number of aryl methyl sites for hydroxylation is 2. The number of carbonyl (C=O) groups excluding carboxylic acids is 1. The van der Waals surface area contributed by atoms with Crippen LogP contribution in [0.2, 0.25) is 0 Å². The predicted molar refractivity (Wildman–Crippen MR) is 125 cm³/mol. The van der Waals surface area contributed by atoms with Gasteiger partial charge in [0.1, 0.15) is 0 Å². The van der Waals surface area contributed by atoms with Gasteiger partial charge in [0.05, 0.1) is 0 Å². The van der Waals surface area contributed by atoms with Crippen LogP contribution in [0.15, 0.2) is 36.4 Å². The van der Waals surface area contributed by atoms with Crippen LogP contribution in [-0.4, -0.2) is 70.2 Å².